The van der Waals surface area contributed by atoms with Gasteiger partial charge in [-0.2, -0.15) is 0 Å². The number of carbonyl (C=O) groups is 3. The van der Waals surface area contributed by atoms with Gasteiger partial charge in [0.1, 0.15) is 0 Å². The van der Waals surface area contributed by atoms with Crippen molar-refractivity contribution in [1.82, 2.24) is 10.2 Å². The summed E-state index contributed by atoms with van der Waals surface area (Å²) in [4.78, 5) is 57.3. The zero-order valence-electron chi connectivity index (χ0n) is 29.4. The van der Waals surface area contributed by atoms with Crippen molar-refractivity contribution >= 4 is 53.3 Å². The van der Waals surface area contributed by atoms with E-state index in [1.54, 1.807) is 9.80 Å². The van der Waals surface area contributed by atoms with Crippen molar-refractivity contribution in [2.24, 2.45) is 11.8 Å². The first-order chi connectivity index (χ1) is 24.4. The molecule has 3 aromatic rings. The Labute approximate surface area is 308 Å². The number of aliphatic hydroxyl groups excluding tert-OH is 1. The molecular formula is C39H47BrN4O6Si. The van der Waals surface area contributed by atoms with Crippen molar-refractivity contribution in [3.8, 4) is 0 Å². The largest absolute Gasteiger partial charge is 0.432 e. The van der Waals surface area contributed by atoms with Gasteiger partial charge in [0.05, 0.1) is 43.3 Å². The Kier molecular flexibility index (Phi) is 10.0. The third-order valence-corrected chi connectivity index (χ3v) is 14.4. The van der Waals surface area contributed by atoms with E-state index < -0.39 is 31.5 Å². The van der Waals surface area contributed by atoms with Gasteiger partial charge in [-0.05, 0) is 85.9 Å². The lowest BCUT2D eigenvalue weighted by Crippen LogP contribution is -2.48. The van der Waals surface area contributed by atoms with Gasteiger partial charge in [-0.15, -0.1) is 0 Å². The quantitative estimate of drug-likeness (QED) is 0.235. The fourth-order valence-corrected chi connectivity index (χ4v) is 11.9. The SMILES string of the molecule is C[C@H]1[C@H]([Si](C)(C)O)[C@@H](CC(=O)N2Cc3ccccc3C[C@H]2CO)O[C@]12C(=O)N(Cc1cccc(NC(=O)C3CCCNC3)c1)c1ccc(Br)cc12. The maximum Gasteiger partial charge on any atom is 0.264 e. The number of hydrogen-bond donors (Lipinski definition) is 4. The first kappa shape index (κ1) is 36.0. The van der Waals surface area contributed by atoms with Gasteiger partial charge in [-0.25, -0.2) is 0 Å². The van der Waals surface area contributed by atoms with Crippen LogP contribution in [-0.2, 0) is 44.2 Å². The molecule has 3 amide bonds. The zero-order chi connectivity index (χ0) is 36.1. The third-order valence-electron chi connectivity index (χ3n) is 11.4. The molecule has 0 saturated carbocycles. The van der Waals surface area contributed by atoms with Crippen molar-refractivity contribution in [1.29, 1.82) is 0 Å². The van der Waals surface area contributed by atoms with Crippen LogP contribution in [0.1, 0.15) is 48.4 Å². The minimum atomic E-state index is -3.01. The summed E-state index contributed by atoms with van der Waals surface area (Å²) in [6.07, 6.45) is 1.66. The first-order valence-corrected chi connectivity index (χ1v) is 21.8. The highest BCUT2D eigenvalue weighted by Gasteiger charge is 2.66. The second kappa shape index (κ2) is 14.2. The average molecular weight is 776 g/mol. The molecule has 51 heavy (non-hydrogen) atoms. The number of piperidine rings is 1. The van der Waals surface area contributed by atoms with E-state index in [2.05, 4.69) is 26.6 Å². The fraction of sp³-hybridized carbons (Fsp3) is 0.462. The summed E-state index contributed by atoms with van der Waals surface area (Å²) < 4.78 is 7.75. The van der Waals surface area contributed by atoms with Crippen LogP contribution in [0.15, 0.2) is 71.2 Å². The molecule has 0 radical (unpaired) electrons. The van der Waals surface area contributed by atoms with Gasteiger partial charge in [0.25, 0.3) is 5.91 Å². The van der Waals surface area contributed by atoms with Gasteiger partial charge < -0.3 is 35.1 Å². The summed E-state index contributed by atoms with van der Waals surface area (Å²) in [6, 6.07) is 20.9. The molecule has 2 fully saturated rings. The molecule has 4 aliphatic rings. The molecule has 1 unspecified atom stereocenters. The number of rotatable bonds is 8. The minimum Gasteiger partial charge on any atom is -0.432 e. The second-order valence-electron chi connectivity index (χ2n) is 15.2. The van der Waals surface area contributed by atoms with Gasteiger partial charge in [0.2, 0.25) is 11.8 Å². The lowest BCUT2D eigenvalue weighted by molar-refractivity contribution is -0.151. The van der Waals surface area contributed by atoms with Crippen LogP contribution < -0.4 is 15.5 Å². The van der Waals surface area contributed by atoms with Crippen molar-refractivity contribution in [3.63, 3.8) is 0 Å². The Morgan fingerprint density at radius 2 is 1.88 bits per heavy atom. The highest BCUT2D eigenvalue weighted by atomic mass is 79.9. The summed E-state index contributed by atoms with van der Waals surface area (Å²) >= 11 is 3.62. The topological polar surface area (TPSA) is 131 Å². The Morgan fingerprint density at radius 1 is 1.10 bits per heavy atom. The monoisotopic (exact) mass is 774 g/mol. The number of anilines is 2. The van der Waals surface area contributed by atoms with Crippen LogP contribution in [0.3, 0.4) is 0 Å². The van der Waals surface area contributed by atoms with E-state index >= 15 is 0 Å². The Hall–Kier alpha value is -3.39. The number of benzene rings is 3. The van der Waals surface area contributed by atoms with Crippen LogP contribution in [0.2, 0.25) is 18.6 Å². The molecule has 10 nitrogen and oxygen atoms in total. The van der Waals surface area contributed by atoms with Crippen LogP contribution in [-0.4, -0.2) is 72.7 Å². The number of aliphatic hydroxyl groups is 1. The summed E-state index contributed by atoms with van der Waals surface area (Å²) in [5.74, 6) is -0.927. The lowest BCUT2D eigenvalue weighted by Gasteiger charge is -2.37. The number of halogens is 1. The zero-order valence-corrected chi connectivity index (χ0v) is 32.0. The Morgan fingerprint density at radius 3 is 2.61 bits per heavy atom. The van der Waals surface area contributed by atoms with Crippen molar-refractivity contribution in [2.75, 3.05) is 29.9 Å². The Bertz CT molecular complexity index is 1830. The minimum absolute atomic E-state index is 0.0126. The number of ether oxygens (including phenoxy) is 1. The van der Waals surface area contributed by atoms with E-state index in [9.17, 15) is 24.3 Å². The van der Waals surface area contributed by atoms with Crippen LogP contribution in [0, 0.1) is 11.8 Å². The van der Waals surface area contributed by atoms with Crippen molar-refractivity contribution in [3.05, 3.63) is 93.5 Å². The predicted molar refractivity (Wildman–Crippen MR) is 201 cm³/mol. The van der Waals surface area contributed by atoms with Gasteiger partial charge in [-0.1, -0.05) is 59.3 Å². The molecule has 7 rings (SSSR count). The van der Waals surface area contributed by atoms with Crippen molar-refractivity contribution < 1.29 is 29.0 Å². The second-order valence-corrected chi connectivity index (χ2v) is 20.1. The molecule has 0 aliphatic carbocycles. The lowest BCUT2D eigenvalue weighted by atomic mass is 9.82. The van der Waals surface area contributed by atoms with Crippen LogP contribution in [0.4, 0.5) is 11.4 Å². The van der Waals surface area contributed by atoms with E-state index in [4.69, 9.17) is 4.74 Å². The third kappa shape index (κ3) is 6.70. The number of nitrogens with one attached hydrogen (secondary N) is 2. The van der Waals surface area contributed by atoms with Crippen LogP contribution in [0.25, 0.3) is 0 Å². The molecule has 4 heterocycles. The van der Waals surface area contributed by atoms with Gasteiger partial charge >= 0.3 is 0 Å². The summed E-state index contributed by atoms with van der Waals surface area (Å²) in [7, 11) is -3.01. The molecule has 6 atom stereocenters. The molecule has 12 heteroatoms. The maximum atomic E-state index is 14.9. The predicted octanol–water partition coefficient (Wildman–Crippen LogP) is 5.07. The number of fused-ring (bicyclic) bond motifs is 3. The van der Waals surface area contributed by atoms with Gasteiger partial charge in [0.15, 0.2) is 13.9 Å². The number of nitrogens with zero attached hydrogens (tertiary/aromatic N) is 2. The van der Waals surface area contributed by atoms with Gasteiger partial charge in [0, 0.05) is 40.3 Å². The number of carbonyl (C=O) groups excluding carboxylic acids is 3. The van der Waals surface area contributed by atoms with E-state index in [1.165, 1.54) is 0 Å². The van der Waals surface area contributed by atoms with E-state index in [1.807, 2.05) is 86.7 Å². The highest BCUT2D eigenvalue weighted by Crippen LogP contribution is 2.60. The molecule has 0 aromatic heterocycles. The normalized spacial score (nSPS) is 27.4. The summed E-state index contributed by atoms with van der Waals surface area (Å²) in [6.45, 7) is 7.74. The van der Waals surface area contributed by atoms with Crippen molar-refractivity contribution in [2.45, 2.75) is 82.1 Å². The molecule has 270 valence electrons. The molecule has 3 aromatic carbocycles. The van der Waals surface area contributed by atoms with Crippen LogP contribution in [0.5, 0.6) is 0 Å². The molecule has 4 N–H and O–H groups in total. The smallest absolute Gasteiger partial charge is 0.264 e. The van der Waals surface area contributed by atoms with E-state index in [0.717, 1.165) is 40.5 Å². The van der Waals surface area contributed by atoms with Gasteiger partial charge in [-0.3, -0.25) is 14.4 Å². The Balaban J connectivity index is 1.17. The number of amides is 3. The number of hydrogen-bond acceptors (Lipinski definition) is 7. The molecule has 1 spiro atoms. The average Bonchev–Trinajstić information content (AvgIpc) is 3.53. The molecule has 2 saturated heterocycles. The molecule has 0 bridgehead atoms. The summed E-state index contributed by atoms with van der Waals surface area (Å²) in [5.41, 5.74) is 3.30. The van der Waals surface area contributed by atoms with E-state index in [0.29, 0.717) is 36.4 Å². The molecular weight excluding hydrogens is 728 g/mol. The summed E-state index contributed by atoms with van der Waals surface area (Å²) in [5, 5.41) is 16.7. The fourth-order valence-electron chi connectivity index (χ4n) is 8.99. The standard InChI is InChI=1S/C39H47BrN4O6Si/c1-24-36(51(2,3)49)34(19-35(46)43-22-28-10-5-4-9-26(28)17-31(43)23-45)50-39(24)32-18-29(40)13-14-33(32)44(38(39)48)21-25-8-6-12-30(16-25)42-37(47)27-11-7-15-41-20-27/h4-6,8-10,12-14,16,18,24,27,31,34,36,41,45,49H,7,11,15,17,19-23H2,1-3H3,(H,42,47)/t24-,27?,31-,34+,36-,39+/m0/s1. The highest BCUT2D eigenvalue weighted by molar-refractivity contribution is 9.10. The van der Waals surface area contributed by atoms with Crippen LogP contribution >= 0.6 is 15.9 Å². The molecule has 4 aliphatic heterocycles. The maximum absolute atomic E-state index is 14.9. The first-order valence-electron chi connectivity index (χ1n) is 18.0. The van der Waals surface area contributed by atoms with E-state index in [-0.39, 0.29) is 49.3 Å².